The topological polar surface area (TPSA) is 76.7 Å². The summed E-state index contributed by atoms with van der Waals surface area (Å²) in [6, 6.07) is 8.30. The minimum absolute atomic E-state index is 0.111. The summed E-state index contributed by atoms with van der Waals surface area (Å²) >= 11 is 0. The second kappa shape index (κ2) is 10.8. The van der Waals surface area contributed by atoms with Gasteiger partial charge in [0.25, 0.3) is 0 Å². The van der Waals surface area contributed by atoms with Gasteiger partial charge in [0.1, 0.15) is 11.4 Å². The molecule has 3 bridgehead atoms. The third-order valence-electron chi connectivity index (χ3n) is 11.5. The average molecular weight is 567 g/mol. The average Bonchev–Trinajstić information content (AvgIpc) is 3.59. The number of nitrogens with zero attached hydrogens (tertiary/aromatic N) is 2. The summed E-state index contributed by atoms with van der Waals surface area (Å²) in [5.41, 5.74) is 2.99. The van der Waals surface area contributed by atoms with E-state index in [9.17, 15) is 5.11 Å². The number of hydrogen-bond acceptors (Lipinski definition) is 5. The molecular formula is C36H46N4O2. The van der Waals surface area contributed by atoms with E-state index in [1.165, 1.54) is 57.9 Å². The number of hydrogen-bond donors (Lipinski definition) is 3. The zero-order chi connectivity index (χ0) is 28.1. The molecule has 3 N–H and O–H groups in total. The fraction of sp³-hybridized carbons (Fsp3) is 0.583. The van der Waals surface area contributed by atoms with Crippen LogP contribution in [0.5, 0.6) is 5.75 Å². The van der Waals surface area contributed by atoms with Crippen molar-refractivity contribution in [1.29, 1.82) is 0 Å². The molecule has 0 radical (unpaired) electrons. The number of pyridine rings is 1. The van der Waals surface area contributed by atoms with Crippen LogP contribution < -0.4 is 5.32 Å². The van der Waals surface area contributed by atoms with Crippen molar-refractivity contribution in [3.8, 4) is 5.75 Å². The molecule has 4 aliphatic heterocycles. The number of aromatic nitrogens is 2. The highest BCUT2D eigenvalue weighted by molar-refractivity contribution is 6.09. The number of fused-ring (bicyclic) bond motifs is 4. The van der Waals surface area contributed by atoms with Gasteiger partial charge in [-0.3, -0.25) is 4.98 Å². The van der Waals surface area contributed by atoms with Crippen LogP contribution in [0.25, 0.3) is 21.8 Å². The van der Waals surface area contributed by atoms with Crippen LogP contribution in [-0.4, -0.2) is 63.9 Å². The highest BCUT2D eigenvalue weighted by atomic mass is 16.6. The van der Waals surface area contributed by atoms with Gasteiger partial charge in [0.2, 0.25) is 0 Å². The third kappa shape index (κ3) is 4.28. The van der Waals surface area contributed by atoms with Gasteiger partial charge >= 0.3 is 0 Å². The maximum atomic E-state index is 10.7. The first-order valence-electron chi connectivity index (χ1n) is 16.7. The molecule has 3 fully saturated rings. The van der Waals surface area contributed by atoms with Crippen LogP contribution in [0.2, 0.25) is 0 Å². The van der Waals surface area contributed by atoms with Crippen molar-refractivity contribution in [3.63, 3.8) is 0 Å². The minimum Gasteiger partial charge on any atom is -0.506 e. The first kappa shape index (κ1) is 26.9. The van der Waals surface area contributed by atoms with E-state index in [-0.39, 0.29) is 23.0 Å². The number of aromatic hydroxyl groups is 1. The molecule has 2 aromatic heterocycles. The van der Waals surface area contributed by atoms with Gasteiger partial charge in [-0.2, -0.15) is 0 Å². The number of para-hydroxylation sites is 1. The minimum atomic E-state index is -0.168. The lowest BCUT2D eigenvalue weighted by molar-refractivity contribution is -0.0577. The van der Waals surface area contributed by atoms with E-state index in [1.807, 2.05) is 12.3 Å². The summed E-state index contributed by atoms with van der Waals surface area (Å²) in [6.45, 7) is 4.57. The maximum absolute atomic E-state index is 10.7. The van der Waals surface area contributed by atoms with Crippen LogP contribution in [0.15, 0.2) is 54.8 Å². The first-order chi connectivity index (χ1) is 20.7. The molecule has 1 unspecified atom stereocenters. The Morgan fingerprint density at radius 2 is 1.69 bits per heavy atom. The Hall–Kier alpha value is -2.67. The second-order valence-corrected chi connectivity index (χ2v) is 13.8. The van der Waals surface area contributed by atoms with Crippen molar-refractivity contribution >= 4 is 21.8 Å². The lowest BCUT2D eigenvalue weighted by atomic mass is 9.50. The Bertz CT molecular complexity index is 1510. The highest BCUT2D eigenvalue weighted by Crippen LogP contribution is 2.67. The summed E-state index contributed by atoms with van der Waals surface area (Å²) in [4.78, 5) is 11.6. The summed E-state index contributed by atoms with van der Waals surface area (Å²) in [5, 5.41) is 17.2. The van der Waals surface area contributed by atoms with Crippen LogP contribution in [0.3, 0.4) is 0 Å². The lowest BCUT2D eigenvalue weighted by Gasteiger charge is -2.59. The summed E-state index contributed by atoms with van der Waals surface area (Å²) in [7, 11) is 0. The largest absolute Gasteiger partial charge is 0.506 e. The Morgan fingerprint density at radius 3 is 2.60 bits per heavy atom. The highest BCUT2D eigenvalue weighted by Gasteiger charge is 2.75. The van der Waals surface area contributed by atoms with E-state index in [0.29, 0.717) is 17.7 Å². The standard InChI is InChI=1S/C36H46N4O2/c41-28-15-13-14-25-26-16-21-37-32(31(26)39-30(25)28)29-27-17-23-40-22-12-8-4-2-6-10-19-36(33(29)42-36)34-35(27,24-40)18-9-5-1-3-7-11-20-38-34/h1-2,5-6,13-16,21,27,29,33-34,38-39,41H,3-4,7-12,17-20,22-24H2/b5-1-,6-2-/t27-,29+,33-,34+,35-,36-/m0/s1. The Kier molecular flexibility index (Phi) is 6.92. The molecule has 5 aliphatic rings. The Morgan fingerprint density at radius 1 is 0.881 bits per heavy atom. The van der Waals surface area contributed by atoms with E-state index >= 15 is 0 Å². The van der Waals surface area contributed by atoms with E-state index in [1.54, 1.807) is 6.07 Å². The molecule has 6 heterocycles. The molecule has 1 aromatic carbocycles. The van der Waals surface area contributed by atoms with Gasteiger partial charge in [-0.15, -0.1) is 0 Å². The molecule has 0 amide bonds. The van der Waals surface area contributed by atoms with E-state index in [2.05, 4.69) is 51.6 Å². The van der Waals surface area contributed by atoms with Gasteiger partial charge < -0.3 is 25.0 Å². The van der Waals surface area contributed by atoms with Gasteiger partial charge in [0.15, 0.2) is 0 Å². The molecule has 7 atom stereocenters. The van der Waals surface area contributed by atoms with E-state index < -0.39 is 0 Å². The van der Waals surface area contributed by atoms with Crippen LogP contribution in [0, 0.1) is 11.3 Å². The first-order valence-corrected chi connectivity index (χ1v) is 16.7. The predicted molar refractivity (Wildman–Crippen MR) is 169 cm³/mol. The fourth-order valence-corrected chi connectivity index (χ4v) is 9.70. The fourth-order valence-electron chi connectivity index (χ4n) is 9.70. The molecule has 222 valence electrons. The van der Waals surface area contributed by atoms with Crippen molar-refractivity contribution < 1.29 is 9.84 Å². The Labute approximate surface area is 249 Å². The monoisotopic (exact) mass is 566 g/mol. The van der Waals surface area contributed by atoms with Crippen LogP contribution in [0.4, 0.5) is 0 Å². The molecule has 1 aliphatic carbocycles. The number of epoxide rings is 1. The van der Waals surface area contributed by atoms with Gasteiger partial charge in [-0.1, -0.05) is 36.4 Å². The van der Waals surface area contributed by atoms with Gasteiger partial charge in [0, 0.05) is 40.9 Å². The number of phenols is 1. The Balaban J connectivity index is 1.31. The molecule has 3 aromatic rings. The number of piperidine rings is 1. The van der Waals surface area contributed by atoms with Gasteiger partial charge in [-0.05, 0) is 108 Å². The molecular weight excluding hydrogens is 520 g/mol. The number of aromatic amines is 1. The zero-order valence-electron chi connectivity index (χ0n) is 24.9. The van der Waals surface area contributed by atoms with Gasteiger partial charge in [-0.25, -0.2) is 0 Å². The van der Waals surface area contributed by atoms with Crippen molar-refractivity contribution in [2.24, 2.45) is 11.3 Å². The number of H-pyrrole nitrogens is 1. The summed E-state index contributed by atoms with van der Waals surface area (Å²) < 4.78 is 7.16. The second-order valence-electron chi connectivity index (χ2n) is 13.8. The number of nitrogens with one attached hydrogen (secondary N) is 2. The summed E-state index contributed by atoms with van der Waals surface area (Å²) in [5.74, 6) is 1.02. The smallest absolute Gasteiger partial charge is 0.139 e. The van der Waals surface area contributed by atoms with Crippen LogP contribution in [-0.2, 0) is 4.74 Å². The van der Waals surface area contributed by atoms with E-state index in [4.69, 9.17) is 9.72 Å². The van der Waals surface area contributed by atoms with Crippen LogP contribution in [0.1, 0.15) is 82.2 Å². The normalized spacial score (nSPS) is 38.7. The quantitative estimate of drug-likeness (QED) is 0.219. The molecule has 6 nitrogen and oxygen atoms in total. The molecule has 1 saturated carbocycles. The molecule has 6 heteroatoms. The van der Waals surface area contributed by atoms with Crippen molar-refractivity contribution in [2.75, 3.05) is 26.2 Å². The zero-order valence-corrected chi connectivity index (χ0v) is 24.9. The SMILES string of the molecule is Oc1cccc2c1[nH]c1c([C@H]3[C@@H]4CCN5CCCC/C=C\CC[C@@]6(O[C@@H]36)[C@@H]3NCCCC/C=C\CC[C@@]34C5)nccc12. The van der Waals surface area contributed by atoms with Crippen molar-refractivity contribution in [2.45, 2.75) is 94.3 Å². The van der Waals surface area contributed by atoms with Crippen LogP contribution >= 0.6 is 0 Å². The lowest BCUT2D eigenvalue weighted by Crippen LogP contribution is -2.68. The molecule has 8 rings (SSSR count). The van der Waals surface area contributed by atoms with Crippen molar-refractivity contribution in [1.82, 2.24) is 20.2 Å². The predicted octanol–water partition coefficient (Wildman–Crippen LogP) is 6.96. The van der Waals surface area contributed by atoms with E-state index in [0.717, 1.165) is 66.4 Å². The summed E-state index contributed by atoms with van der Waals surface area (Å²) in [6.07, 6.45) is 25.0. The van der Waals surface area contributed by atoms with Gasteiger partial charge in [0.05, 0.1) is 22.8 Å². The maximum Gasteiger partial charge on any atom is 0.139 e. The van der Waals surface area contributed by atoms with Crippen molar-refractivity contribution in [3.05, 3.63) is 60.5 Å². The molecule has 2 saturated heterocycles. The third-order valence-corrected chi connectivity index (χ3v) is 11.5. The molecule has 2 spiro atoms. The molecule has 42 heavy (non-hydrogen) atoms. The number of phenolic OH excluding ortho intramolecular Hbond substituents is 1. The number of allylic oxidation sites excluding steroid dienone is 4. The number of rotatable bonds is 1. The number of ether oxygens (including phenoxy) is 1. The number of benzene rings is 1.